The number of hydrogen-bond donors (Lipinski definition) is 1. The summed E-state index contributed by atoms with van der Waals surface area (Å²) < 4.78 is 5.66. The molecule has 0 bridgehead atoms. The highest BCUT2D eigenvalue weighted by Gasteiger charge is 2.13. The first-order valence-corrected chi connectivity index (χ1v) is 8.83. The van der Waals surface area contributed by atoms with Crippen LogP contribution >= 0.6 is 0 Å². The highest BCUT2D eigenvalue weighted by Crippen LogP contribution is 2.28. The summed E-state index contributed by atoms with van der Waals surface area (Å²) in [5, 5.41) is 9.97. The molecule has 0 saturated carbocycles. The van der Waals surface area contributed by atoms with E-state index in [2.05, 4.69) is 50.7 Å². The van der Waals surface area contributed by atoms with Crippen molar-refractivity contribution in [3.63, 3.8) is 0 Å². The van der Waals surface area contributed by atoms with Crippen LogP contribution in [-0.2, 0) is 0 Å². The zero-order valence-electron chi connectivity index (χ0n) is 15.5. The van der Waals surface area contributed by atoms with Gasteiger partial charge in [-0.3, -0.25) is 14.9 Å². The minimum atomic E-state index is -0.180. The van der Waals surface area contributed by atoms with E-state index in [1.54, 1.807) is 0 Å². The Morgan fingerprint density at radius 2 is 1.50 bits per heavy atom. The normalized spacial score (nSPS) is 10.6. The molecule has 2 aromatic carbocycles. The number of Topliss-reactive ketones (excluding diaryl/α,β-unsaturated/α-hetero) is 1. The lowest BCUT2D eigenvalue weighted by atomic mass is 10.0. The fraction of sp³-hybridized carbons (Fsp3) is 0.0909. The van der Waals surface area contributed by atoms with Crippen LogP contribution in [-0.4, -0.2) is 26.2 Å². The smallest absolute Gasteiger partial charge is 0.269 e. The first kappa shape index (κ1) is 17.6. The van der Waals surface area contributed by atoms with Gasteiger partial charge in [0.05, 0.1) is 0 Å². The predicted molar refractivity (Wildman–Crippen MR) is 106 cm³/mol. The molecule has 6 heteroatoms. The summed E-state index contributed by atoms with van der Waals surface area (Å²) >= 11 is 0. The van der Waals surface area contributed by atoms with Gasteiger partial charge in [0.15, 0.2) is 11.5 Å². The summed E-state index contributed by atoms with van der Waals surface area (Å²) in [6.45, 7) is 3.42. The Balaban J connectivity index is 1.52. The Morgan fingerprint density at radius 3 is 2.11 bits per heavy atom. The van der Waals surface area contributed by atoms with Gasteiger partial charge in [-0.25, -0.2) is 0 Å². The molecule has 1 N–H and O–H groups in total. The third-order valence-electron chi connectivity index (χ3n) is 4.39. The maximum atomic E-state index is 11.5. The molecule has 2 heterocycles. The molecule has 4 rings (SSSR count). The SMILES string of the molecule is CC(=O)c1[nH]nnc1Oc1ccc(-c2ccc(-c3ccnc(C)c3)cc2)cc1. The zero-order chi connectivity index (χ0) is 19.5. The van der Waals surface area contributed by atoms with Gasteiger partial charge in [-0.05, 0) is 53.4 Å². The third kappa shape index (κ3) is 3.66. The van der Waals surface area contributed by atoms with Gasteiger partial charge in [0.1, 0.15) is 5.75 Å². The van der Waals surface area contributed by atoms with Gasteiger partial charge in [0, 0.05) is 18.8 Å². The molecule has 0 spiro atoms. The van der Waals surface area contributed by atoms with Crippen molar-refractivity contribution in [3.05, 3.63) is 78.2 Å². The van der Waals surface area contributed by atoms with Crippen molar-refractivity contribution >= 4 is 5.78 Å². The van der Waals surface area contributed by atoms with Crippen LogP contribution in [0.25, 0.3) is 22.3 Å². The average Bonchev–Trinajstić information content (AvgIpc) is 3.17. The number of nitrogens with one attached hydrogen (secondary N) is 1. The Bertz CT molecular complexity index is 1120. The summed E-state index contributed by atoms with van der Waals surface area (Å²) in [5.41, 5.74) is 5.72. The van der Waals surface area contributed by atoms with Crippen LogP contribution in [0.2, 0.25) is 0 Å². The second kappa shape index (κ2) is 7.44. The molecule has 0 unspecified atom stereocenters. The molecule has 0 aliphatic carbocycles. The molecule has 0 radical (unpaired) electrons. The molecule has 6 nitrogen and oxygen atoms in total. The van der Waals surface area contributed by atoms with E-state index >= 15 is 0 Å². The van der Waals surface area contributed by atoms with Gasteiger partial charge in [0.2, 0.25) is 0 Å². The zero-order valence-corrected chi connectivity index (χ0v) is 15.5. The van der Waals surface area contributed by atoms with Crippen LogP contribution in [0.15, 0.2) is 66.9 Å². The molecule has 0 atom stereocenters. The molecule has 0 aliphatic rings. The maximum Gasteiger partial charge on any atom is 0.269 e. The summed E-state index contributed by atoms with van der Waals surface area (Å²) in [7, 11) is 0. The van der Waals surface area contributed by atoms with Crippen molar-refractivity contribution in [1.82, 2.24) is 20.4 Å². The van der Waals surface area contributed by atoms with E-state index in [1.165, 1.54) is 6.92 Å². The van der Waals surface area contributed by atoms with Crippen molar-refractivity contribution in [2.75, 3.05) is 0 Å². The lowest BCUT2D eigenvalue weighted by molar-refractivity contribution is 0.101. The molecule has 2 aromatic heterocycles. The Hall–Kier alpha value is -3.80. The van der Waals surface area contributed by atoms with E-state index in [0.29, 0.717) is 5.75 Å². The van der Waals surface area contributed by atoms with Crippen LogP contribution in [0.3, 0.4) is 0 Å². The van der Waals surface area contributed by atoms with Gasteiger partial charge in [-0.15, -0.1) is 0 Å². The molecule has 4 aromatic rings. The Kier molecular flexibility index (Phi) is 4.68. The number of aromatic amines is 1. The van der Waals surface area contributed by atoms with Crippen LogP contribution in [0.1, 0.15) is 23.1 Å². The number of pyridine rings is 1. The number of ketones is 1. The van der Waals surface area contributed by atoms with Crippen molar-refractivity contribution in [2.24, 2.45) is 0 Å². The highest BCUT2D eigenvalue weighted by atomic mass is 16.5. The predicted octanol–water partition coefficient (Wildman–Crippen LogP) is 4.84. The van der Waals surface area contributed by atoms with Crippen molar-refractivity contribution < 1.29 is 9.53 Å². The van der Waals surface area contributed by atoms with Crippen LogP contribution in [0.4, 0.5) is 0 Å². The Morgan fingerprint density at radius 1 is 0.893 bits per heavy atom. The number of ether oxygens (including phenoxy) is 1. The first-order chi connectivity index (χ1) is 13.6. The number of aromatic nitrogens is 4. The van der Waals surface area contributed by atoms with E-state index in [0.717, 1.165) is 27.9 Å². The Labute approximate surface area is 162 Å². The largest absolute Gasteiger partial charge is 0.436 e. The average molecular weight is 370 g/mol. The summed E-state index contributed by atoms with van der Waals surface area (Å²) in [6, 6.07) is 20.1. The fourth-order valence-corrected chi connectivity index (χ4v) is 2.93. The molecule has 138 valence electrons. The van der Waals surface area contributed by atoms with Crippen molar-refractivity contribution in [1.29, 1.82) is 0 Å². The van der Waals surface area contributed by atoms with Gasteiger partial charge >= 0.3 is 0 Å². The third-order valence-corrected chi connectivity index (χ3v) is 4.39. The van der Waals surface area contributed by atoms with Crippen LogP contribution < -0.4 is 4.74 Å². The number of nitrogens with zero attached hydrogens (tertiary/aromatic N) is 3. The molecule has 0 saturated heterocycles. The monoisotopic (exact) mass is 370 g/mol. The van der Waals surface area contributed by atoms with Gasteiger partial charge in [0.25, 0.3) is 5.88 Å². The highest BCUT2D eigenvalue weighted by molar-refractivity contribution is 5.94. The second-order valence-corrected chi connectivity index (χ2v) is 6.44. The van der Waals surface area contributed by atoms with Gasteiger partial charge in [-0.2, -0.15) is 0 Å². The van der Waals surface area contributed by atoms with E-state index < -0.39 is 0 Å². The first-order valence-electron chi connectivity index (χ1n) is 8.83. The number of hydrogen-bond acceptors (Lipinski definition) is 5. The van der Waals surface area contributed by atoms with Gasteiger partial charge < -0.3 is 4.74 Å². The molecule has 0 amide bonds. The van der Waals surface area contributed by atoms with E-state index in [1.807, 2.05) is 43.5 Å². The van der Waals surface area contributed by atoms with Crippen LogP contribution in [0.5, 0.6) is 11.6 Å². The minimum Gasteiger partial charge on any atom is -0.436 e. The quantitative estimate of drug-likeness (QED) is 0.509. The summed E-state index contributed by atoms with van der Waals surface area (Å²) in [5.74, 6) is 0.586. The standard InChI is InChI=1S/C22H18N4O2/c1-14-13-19(11-12-23-14)18-5-3-16(4-6-18)17-7-9-20(10-8-17)28-22-21(15(2)27)24-26-25-22/h3-13H,1-2H3,(H,24,25,26). The van der Waals surface area contributed by atoms with Crippen LogP contribution in [0, 0.1) is 6.92 Å². The maximum absolute atomic E-state index is 11.5. The molecule has 0 fully saturated rings. The number of benzene rings is 2. The lowest BCUT2D eigenvalue weighted by Crippen LogP contribution is -1.96. The molecule has 0 aliphatic heterocycles. The van der Waals surface area contributed by atoms with E-state index in [-0.39, 0.29) is 17.4 Å². The van der Waals surface area contributed by atoms with Crippen molar-refractivity contribution in [2.45, 2.75) is 13.8 Å². The van der Waals surface area contributed by atoms with Gasteiger partial charge in [-0.1, -0.05) is 46.7 Å². The fourth-order valence-electron chi connectivity index (χ4n) is 2.93. The van der Waals surface area contributed by atoms with E-state index in [4.69, 9.17) is 4.74 Å². The second-order valence-electron chi connectivity index (χ2n) is 6.44. The number of rotatable bonds is 5. The summed E-state index contributed by atoms with van der Waals surface area (Å²) in [4.78, 5) is 15.7. The van der Waals surface area contributed by atoms with E-state index in [9.17, 15) is 4.79 Å². The lowest BCUT2D eigenvalue weighted by Gasteiger charge is -2.07. The molecule has 28 heavy (non-hydrogen) atoms. The van der Waals surface area contributed by atoms with Crippen molar-refractivity contribution in [3.8, 4) is 33.9 Å². The number of carbonyl (C=O) groups excluding carboxylic acids is 1. The molecular weight excluding hydrogens is 352 g/mol. The number of aryl methyl sites for hydroxylation is 1. The number of carbonyl (C=O) groups is 1. The minimum absolute atomic E-state index is 0.178. The topological polar surface area (TPSA) is 80.8 Å². The number of H-pyrrole nitrogens is 1. The molecular formula is C22H18N4O2. The summed E-state index contributed by atoms with van der Waals surface area (Å²) in [6.07, 6.45) is 1.82.